The van der Waals surface area contributed by atoms with E-state index < -0.39 is 11.2 Å². The van der Waals surface area contributed by atoms with E-state index >= 15 is 0 Å². The van der Waals surface area contributed by atoms with Gasteiger partial charge in [0.2, 0.25) is 0 Å². The maximum atomic E-state index is 12.3. The van der Waals surface area contributed by atoms with Gasteiger partial charge in [-0.05, 0) is 12.5 Å². The second-order valence-corrected chi connectivity index (χ2v) is 6.39. The molecule has 8 heteroatoms. The van der Waals surface area contributed by atoms with Crippen molar-refractivity contribution < 1.29 is 4.79 Å². The minimum absolute atomic E-state index is 0.0149. The van der Waals surface area contributed by atoms with Gasteiger partial charge in [0.05, 0.1) is 12.3 Å². The Kier molecular flexibility index (Phi) is 4.39. The lowest BCUT2D eigenvalue weighted by Crippen LogP contribution is -2.29. The Balaban J connectivity index is 2.20. The molecule has 2 aromatic heterocycles. The van der Waals surface area contributed by atoms with Crippen molar-refractivity contribution in [2.45, 2.75) is 18.6 Å². The molecule has 3 rings (SSSR count). The number of benzene rings is 1. The van der Waals surface area contributed by atoms with Crippen molar-refractivity contribution in [1.82, 2.24) is 19.1 Å². The van der Waals surface area contributed by atoms with Gasteiger partial charge in [-0.3, -0.25) is 19.1 Å². The fraction of sp³-hybridized carbons (Fsp3) is 0.250. The predicted octanol–water partition coefficient (Wildman–Crippen LogP) is 1.15. The summed E-state index contributed by atoms with van der Waals surface area (Å²) in [6.45, 7) is 1.93. The maximum absolute atomic E-state index is 12.3. The monoisotopic (exact) mass is 344 g/mol. The predicted molar refractivity (Wildman–Crippen MR) is 92.5 cm³/mol. The summed E-state index contributed by atoms with van der Waals surface area (Å²) in [5, 5.41) is 0.538. The Hall–Kier alpha value is -2.61. The highest BCUT2D eigenvalue weighted by molar-refractivity contribution is 7.99. The van der Waals surface area contributed by atoms with Gasteiger partial charge in [-0.25, -0.2) is 9.78 Å². The summed E-state index contributed by atoms with van der Waals surface area (Å²) in [6, 6.07) is 9.63. The molecule has 7 nitrogen and oxygen atoms in total. The van der Waals surface area contributed by atoms with E-state index in [1.54, 1.807) is 11.6 Å². The highest BCUT2D eigenvalue weighted by Gasteiger charge is 2.18. The third-order valence-corrected chi connectivity index (χ3v) is 4.68. The largest absolute Gasteiger partial charge is 0.329 e. The zero-order valence-electron chi connectivity index (χ0n) is 13.3. The highest BCUT2D eigenvalue weighted by atomic mass is 32.2. The zero-order chi connectivity index (χ0) is 17.3. The van der Waals surface area contributed by atoms with Crippen LogP contribution in [-0.2, 0) is 18.4 Å². The molecule has 2 heterocycles. The number of ketones is 1. The molecule has 0 saturated carbocycles. The Morgan fingerprint density at radius 2 is 1.96 bits per heavy atom. The van der Waals surface area contributed by atoms with Crippen molar-refractivity contribution in [1.29, 1.82) is 0 Å². The number of aryl methyl sites for hydroxylation is 1. The molecule has 0 aliphatic carbocycles. The fourth-order valence-electron chi connectivity index (χ4n) is 2.40. The first kappa shape index (κ1) is 16.3. The van der Waals surface area contributed by atoms with E-state index in [-0.39, 0.29) is 11.5 Å². The van der Waals surface area contributed by atoms with E-state index in [2.05, 4.69) is 9.97 Å². The van der Waals surface area contributed by atoms with Crippen LogP contribution in [0.15, 0.2) is 45.1 Å². The average molecular weight is 344 g/mol. The van der Waals surface area contributed by atoms with Gasteiger partial charge < -0.3 is 4.57 Å². The number of nitrogens with one attached hydrogen (secondary N) is 1. The number of imidazole rings is 1. The van der Waals surface area contributed by atoms with Gasteiger partial charge in [0.1, 0.15) is 5.78 Å². The van der Waals surface area contributed by atoms with E-state index in [1.807, 2.05) is 30.3 Å². The number of hydrogen-bond acceptors (Lipinski definition) is 5. The van der Waals surface area contributed by atoms with Crippen molar-refractivity contribution in [3.8, 4) is 0 Å². The summed E-state index contributed by atoms with van der Waals surface area (Å²) in [4.78, 5) is 42.1. The Bertz CT molecular complexity index is 1020. The Labute approximate surface area is 141 Å². The van der Waals surface area contributed by atoms with Crippen LogP contribution in [0.4, 0.5) is 0 Å². The minimum Gasteiger partial charge on any atom is -0.309 e. The topological polar surface area (TPSA) is 89.8 Å². The Morgan fingerprint density at radius 1 is 1.25 bits per heavy atom. The lowest BCUT2D eigenvalue weighted by molar-refractivity contribution is -0.114. The van der Waals surface area contributed by atoms with Crippen molar-refractivity contribution in [3.63, 3.8) is 0 Å². The van der Waals surface area contributed by atoms with Gasteiger partial charge in [0.25, 0.3) is 5.56 Å². The van der Waals surface area contributed by atoms with Gasteiger partial charge >= 0.3 is 5.69 Å². The maximum Gasteiger partial charge on any atom is 0.329 e. The van der Waals surface area contributed by atoms with Crippen LogP contribution in [0.3, 0.4) is 0 Å². The number of hydrogen-bond donors (Lipinski definition) is 1. The smallest absolute Gasteiger partial charge is 0.309 e. The van der Waals surface area contributed by atoms with Crippen LogP contribution in [0.1, 0.15) is 12.5 Å². The number of nitrogens with zero attached hydrogens (tertiary/aromatic N) is 3. The van der Waals surface area contributed by atoms with Crippen LogP contribution in [0.2, 0.25) is 0 Å². The van der Waals surface area contributed by atoms with Gasteiger partial charge in [-0.1, -0.05) is 42.1 Å². The SMILES string of the molecule is CC(=O)CSc1nc2c(c(=O)[nH]c(=O)n2C)n1Cc1ccccc1. The molecule has 0 radical (unpaired) electrons. The van der Waals surface area contributed by atoms with Crippen molar-refractivity contribution in [2.24, 2.45) is 7.05 Å². The Morgan fingerprint density at radius 3 is 2.62 bits per heavy atom. The standard InChI is InChI=1S/C16H16N4O3S/c1-10(21)9-24-16-17-13-12(14(22)18-15(23)19(13)2)20(16)8-11-6-4-3-5-7-11/h3-7H,8-9H2,1-2H3,(H,18,22,23). The van der Waals surface area contributed by atoms with E-state index in [0.29, 0.717) is 22.9 Å². The van der Waals surface area contributed by atoms with Gasteiger partial charge in [-0.2, -0.15) is 0 Å². The highest BCUT2D eigenvalue weighted by Crippen LogP contribution is 2.22. The molecule has 3 aromatic rings. The summed E-state index contributed by atoms with van der Waals surface area (Å²) in [5.74, 6) is 0.269. The van der Waals surface area contributed by atoms with Crippen molar-refractivity contribution in [3.05, 3.63) is 56.7 Å². The van der Waals surface area contributed by atoms with E-state index in [1.165, 1.54) is 23.3 Å². The van der Waals surface area contributed by atoms with E-state index in [0.717, 1.165) is 5.56 Å². The van der Waals surface area contributed by atoms with Gasteiger partial charge in [-0.15, -0.1) is 0 Å². The van der Waals surface area contributed by atoms with Crippen LogP contribution in [-0.4, -0.2) is 30.6 Å². The molecule has 0 aliphatic rings. The number of carbonyl (C=O) groups is 1. The molecule has 0 atom stereocenters. The quantitative estimate of drug-likeness (QED) is 0.701. The summed E-state index contributed by atoms with van der Waals surface area (Å²) in [5.41, 5.74) is 0.638. The zero-order valence-corrected chi connectivity index (χ0v) is 14.1. The number of carbonyl (C=O) groups excluding carboxylic acids is 1. The first-order valence-electron chi connectivity index (χ1n) is 7.33. The van der Waals surface area contributed by atoms with Gasteiger partial charge in [0, 0.05) is 7.05 Å². The number of rotatable bonds is 5. The molecule has 0 amide bonds. The molecule has 24 heavy (non-hydrogen) atoms. The van der Waals surface area contributed by atoms with Crippen molar-refractivity contribution in [2.75, 3.05) is 5.75 Å². The van der Waals surface area contributed by atoms with Crippen LogP contribution < -0.4 is 11.2 Å². The minimum atomic E-state index is -0.514. The van der Waals surface area contributed by atoms with Crippen LogP contribution in [0.5, 0.6) is 0 Å². The first-order chi connectivity index (χ1) is 11.5. The molecular formula is C16H16N4O3S. The second-order valence-electron chi connectivity index (χ2n) is 5.45. The molecule has 0 aliphatic heterocycles. The van der Waals surface area contributed by atoms with Crippen LogP contribution in [0.25, 0.3) is 11.2 Å². The average Bonchev–Trinajstić information content (AvgIpc) is 2.91. The summed E-state index contributed by atoms with van der Waals surface area (Å²) >= 11 is 1.26. The number of thioether (sulfide) groups is 1. The number of H-pyrrole nitrogens is 1. The third-order valence-electron chi connectivity index (χ3n) is 3.56. The molecule has 124 valence electrons. The first-order valence-corrected chi connectivity index (χ1v) is 8.31. The summed E-state index contributed by atoms with van der Waals surface area (Å²) in [7, 11) is 1.56. The molecule has 0 bridgehead atoms. The number of aromatic amines is 1. The number of Topliss-reactive ketones (excluding diaryl/α,β-unsaturated/α-hetero) is 1. The summed E-state index contributed by atoms with van der Waals surface area (Å²) < 4.78 is 3.05. The second kappa shape index (κ2) is 6.48. The number of aromatic nitrogens is 4. The number of fused-ring (bicyclic) bond motifs is 1. The molecule has 0 unspecified atom stereocenters. The van der Waals surface area contributed by atoms with Crippen molar-refractivity contribution >= 4 is 28.7 Å². The van der Waals surface area contributed by atoms with Gasteiger partial charge in [0.15, 0.2) is 16.3 Å². The molecule has 1 N–H and O–H groups in total. The van der Waals surface area contributed by atoms with E-state index in [4.69, 9.17) is 0 Å². The van der Waals surface area contributed by atoms with Crippen LogP contribution in [0, 0.1) is 0 Å². The molecule has 1 aromatic carbocycles. The lowest BCUT2D eigenvalue weighted by Gasteiger charge is -2.08. The lowest BCUT2D eigenvalue weighted by atomic mass is 10.2. The molecular weight excluding hydrogens is 328 g/mol. The fourth-order valence-corrected chi connectivity index (χ4v) is 3.20. The van der Waals surface area contributed by atoms with Crippen LogP contribution >= 0.6 is 11.8 Å². The normalized spacial score (nSPS) is 11.1. The molecule has 0 fully saturated rings. The third kappa shape index (κ3) is 3.05. The molecule has 0 spiro atoms. The molecule has 0 saturated heterocycles. The van der Waals surface area contributed by atoms with E-state index in [9.17, 15) is 14.4 Å². The summed E-state index contributed by atoms with van der Waals surface area (Å²) in [6.07, 6.45) is 0.